The van der Waals surface area contributed by atoms with E-state index in [1.54, 1.807) is 24.3 Å². The van der Waals surface area contributed by atoms with E-state index in [1.807, 2.05) is 0 Å². The number of alkyl halides is 2. The molecule has 1 rings (SSSR count). The van der Waals surface area contributed by atoms with Crippen molar-refractivity contribution in [3.8, 4) is 0 Å². The van der Waals surface area contributed by atoms with E-state index in [0.29, 0.717) is 10.5 Å². The van der Waals surface area contributed by atoms with Crippen LogP contribution in [0.4, 0.5) is 8.78 Å². The number of benzene rings is 1. The molecule has 0 fully saturated rings. The van der Waals surface area contributed by atoms with Gasteiger partial charge in [0.25, 0.3) is 12.3 Å². The van der Waals surface area contributed by atoms with Crippen molar-refractivity contribution in [1.82, 2.24) is 5.32 Å². The van der Waals surface area contributed by atoms with Crippen molar-refractivity contribution in [1.29, 1.82) is 0 Å². The van der Waals surface area contributed by atoms with Crippen molar-refractivity contribution in [2.45, 2.75) is 11.3 Å². The van der Waals surface area contributed by atoms with Gasteiger partial charge in [-0.05, 0) is 12.1 Å². The fourth-order valence-corrected chi connectivity index (χ4v) is 1.43. The summed E-state index contributed by atoms with van der Waals surface area (Å²) in [7, 11) is 0. The fourth-order valence-electron chi connectivity index (χ4n) is 1.17. The molecule has 1 amide bonds. The molecule has 6 heteroatoms. The van der Waals surface area contributed by atoms with Crippen molar-refractivity contribution in [2.75, 3.05) is 19.8 Å². The maximum Gasteiger partial charge on any atom is 0.261 e. The van der Waals surface area contributed by atoms with E-state index < -0.39 is 13.0 Å². The molecule has 0 spiro atoms. The van der Waals surface area contributed by atoms with Crippen LogP contribution in [0.1, 0.15) is 10.4 Å². The molecule has 0 atom stereocenters. The smallest absolute Gasteiger partial charge is 0.261 e. The quantitative estimate of drug-likeness (QED) is 0.607. The molecule has 1 N–H and O–H groups in total. The van der Waals surface area contributed by atoms with E-state index in [1.165, 1.54) is 0 Å². The van der Waals surface area contributed by atoms with Crippen LogP contribution in [0.2, 0.25) is 0 Å². The molecule has 0 saturated carbocycles. The van der Waals surface area contributed by atoms with E-state index in [9.17, 15) is 13.6 Å². The van der Waals surface area contributed by atoms with Gasteiger partial charge < -0.3 is 10.1 Å². The summed E-state index contributed by atoms with van der Waals surface area (Å²) in [5, 5.41) is 2.56. The van der Waals surface area contributed by atoms with Crippen LogP contribution in [-0.2, 0) is 4.74 Å². The van der Waals surface area contributed by atoms with E-state index in [0.717, 1.165) is 0 Å². The lowest BCUT2D eigenvalue weighted by Crippen LogP contribution is -2.28. The number of carbonyl (C=O) groups is 1. The molecule has 1 aromatic carbocycles. The van der Waals surface area contributed by atoms with Crippen LogP contribution in [0.5, 0.6) is 0 Å². The van der Waals surface area contributed by atoms with Gasteiger partial charge in [0.15, 0.2) is 0 Å². The molecule has 0 aliphatic heterocycles. The molecule has 0 unspecified atom stereocenters. The zero-order valence-corrected chi connectivity index (χ0v) is 9.92. The Hall–Kier alpha value is -1.14. The maximum atomic E-state index is 11.7. The second-order valence-corrected chi connectivity index (χ2v) is 3.72. The molecule has 0 aliphatic rings. The van der Waals surface area contributed by atoms with Gasteiger partial charge in [0.05, 0.1) is 12.2 Å². The largest absolute Gasteiger partial charge is 0.374 e. The average molecular weight is 261 g/mol. The van der Waals surface area contributed by atoms with Gasteiger partial charge in [-0.2, -0.15) is 0 Å². The molecular formula is C11H13F2NO2S. The van der Waals surface area contributed by atoms with E-state index in [4.69, 9.17) is 0 Å². The first kappa shape index (κ1) is 13.9. The number of nitrogens with one attached hydrogen (secondary N) is 1. The highest BCUT2D eigenvalue weighted by atomic mass is 32.1. The number of hydrogen-bond acceptors (Lipinski definition) is 3. The van der Waals surface area contributed by atoms with Crippen molar-refractivity contribution < 1.29 is 18.3 Å². The highest BCUT2D eigenvalue weighted by Gasteiger charge is 2.07. The molecule has 94 valence electrons. The standard InChI is InChI=1S/C11H13F2NO2S/c12-10(13)7-16-6-5-14-11(15)8-3-1-2-4-9(8)17/h1-4,10,17H,5-7H2,(H,14,15). The minimum absolute atomic E-state index is 0.0603. The Balaban J connectivity index is 2.29. The predicted molar refractivity (Wildman–Crippen MR) is 62.9 cm³/mol. The highest BCUT2D eigenvalue weighted by Crippen LogP contribution is 2.12. The van der Waals surface area contributed by atoms with Crippen molar-refractivity contribution >= 4 is 18.5 Å². The Labute approximate surface area is 104 Å². The second-order valence-electron chi connectivity index (χ2n) is 3.24. The normalized spacial score (nSPS) is 10.6. The summed E-state index contributed by atoms with van der Waals surface area (Å²) in [4.78, 5) is 12.2. The predicted octanol–water partition coefficient (Wildman–Crippen LogP) is 1.99. The summed E-state index contributed by atoms with van der Waals surface area (Å²) in [6.45, 7) is -0.364. The van der Waals surface area contributed by atoms with Crippen LogP contribution >= 0.6 is 12.6 Å². The summed E-state index contributed by atoms with van der Waals surface area (Å²) >= 11 is 4.14. The summed E-state index contributed by atoms with van der Waals surface area (Å²) in [5.74, 6) is -0.295. The Kier molecular flexibility index (Phi) is 5.93. The monoisotopic (exact) mass is 261 g/mol. The van der Waals surface area contributed by atoms with Crippen LogP contribution in [0, 0.1) is 0 Å². The Morgan fingerprint density at radius 3 is 2.76 bits per heavy atom. The molecule has 0 aliphatic carbocycles. The summed E-state index contributed by atoms with van der Waals surface area (Å²) in [6.07, 6.45) is -2.48. The van der Waals surface area contributed by atoms with Gasteiger partial charge in [0.1, 0.15) is 6.61 Å². The lowest BCUT2D eigenvalue weighted by molar-refractivity contribution is 0.0188. The molecule has 1 aromatic rings. The Bertz CT molecular complexity index is 374. The highest BCUT2D eigenvalue weighted by molar-refractivity contribution is 7.80. The zero-order valence-electron chi connectivity index (χ0n) is 9.03. The molecular weight excluding hydrogens is 248 g/mol. The van der Waals surface area contributed by atoms with Crippen LogP contribution in [-0.4, -0.2) is 32.1 Å². The fraction of sp³-hybridized carbons (Fsp3) is 0.364. The first-order chi connectivity index (χ1) is 8.11. The first-order valence-electron chi connectivity index (χ1n) is 5.03. The van der Waals surface area contributed by atoms with Gasteiger partial charge in [-0.1, -0.05) is 12.1 Å². The number of carbonyl (C=O) groups excluding carboxylic acids is 1. The average Bonchev–Trinajstić information content (AvgIpc) is 2.28. The molecule has 17 heavy (non-hydrogen) atoms. The summed E-state index contributed by atoms with van der Waals surface area (Å²) < 4.78 is 28.1. The van der Waals surface area contributed by atoms with Crippen LogP contribution in [0.15, 0.2) is 29.2 Å². The molecule has 0 saturated heterocycles. The van der Waals surface area contributed by atoms with Crippen LogP contribution in [0.25, 0.3) is 0 Å². The third-order valence-corrected chi connectivity index (χ3v) is 2.31. The summed E-state index contributed by atoms with van der Waals surface area (Å²) in [6, 6.07) is 6.83. The number of amides is 1. The van der Waals surface area contributed by atoms with Gasteiger partial charge in [0.2, 0.25) is 0 Å². The third-order valence-electron chi connectivity index (χ3n) is 1.92. The van der Waals surface area contributed by atoms with E-state index in [-0.39, 0.29) is 19.1 Å². The third kappa shape index (κ3) is 5.14. The lowest BCUT2D eigenvalue weighted by atomic mass is 10.2. The minimum Gasteiger partial charge on any atom is -0.374 e. The molecule has 3 nitrogen and oxygen atoms in total. The van der Waals surface area contributed by atoms with E-state index in [2.05, 4.69) is 22.7 Å². The van der Waals surface area contributed by atoms with Gasteiger partial charge >= 0.3 is 0 Å². The van der Waals surface area contributed by atoms with Gasteiger partial charge in [-0.15, -0.1) is 12.6 Å². The first-order valence-corrected chi connectivity index (χ1v) is 5.48. The van der Waals surface area contributed by atoms with Crippen molar-refractivity contribution in [3.05, 3.63) is 29.8 Å². The number of hydrogen-bond donors (Lipinski definition) is 2. The number of ether oxygens (including phenoxy) is 1. The van der Waals surface area contributed by atoms with Crippen molar-refractivity contribution in [2.24, 2.45) is 0 Å². The molecule has 0 radical (unpaired) electrons. The second kappa shape index (κ2) is 7.24. The summed E-state index contributed by atoms with van der Waals surface area (Å²) in [5.41, 5.74) is 0.449. The number of rotatable bonds is 6. The van der Waals surface area contributed by atoms with Crippen LogP contribution in [0.3, 0.4) is 0 Å². The SMILES string of the molecule is O=C(NCCOCC(F)F)c1ccccc1S. The Morgan fingerprint density at radius 1 is 1.41 bits per heavy atom. The van der Waals surface area contributed by atoms with E-state index >= 15 is 0 Å². The van der Waals surface area contributed by atoms with Crippen LogP contribution < -0.4 is 5.32 Å². The minimum atomic E-state index is -2.48. The zero-order chi connectivity index (χ0) is 12.7. The Morgan fingerprint density at radius 2 is 2.12 bits per heavy atom. The number of thiol groups is 1. The number of halogens is 2. The van der Waals surface area contributed by atoms with Gasteiger partial charge in [-0.3, -0.25) is 4.79 Å². The molecule has 0 aromatic heterocycles. The topological polar surface area (TPSA) is 38.3 Å². The maximum absolute atomic E-state index is 11.7. The lowest BCUT2D eigenvalue weighted by Gasteiger charge is -2.07. The molecule has 0 bridgehead atoms. The van der Waals surface area contributed by atoms with Gasteiger partial charge in [0, 0.05) is 11.4 Å². The van der Waals surface area contributed by atoms with Gasteiger partial charge in [-0.25, -0.2) is 8.78 Å². The van der Waals surface area contributed by atoms with Crippen molar-refractivity contribution in [3.63, 3.8) is 0 Å². The molecule has 0 heterocycles.